The molecular weight excluding hydrogens is 370 g/mol. The van der Waals surface area contributed by atoms with Crippen molar-refractivity contribution in [1.29, 1.82) is 0 Å². The van der Waals surface area contributed by atoms with Gasteiger partial charge in [-0.25, -0.2) is 4.79 Å². The van der Waals surface area contributed by atoms with Gasteiger partial charge in [0.05, 0.1) is 0 Å². The van der Waals surface area contributed by atoms with Crippen LogP contribution >= 0.6 is 11.8 Å². The molecule has 0 aliphatic carbocycles. The van der Waals surface area contributed by atoms with Gasteiger partial charge < -0.3 is 19.4 Å². The van der Waals surface area contributed by atoms with Crippen molar-refractivity contribution in [2.75, 3.05) is 24.3 Å². The van der Waals surface area contributed by atoms with Gasteiger partial charge in [0.15, 0.2) is 16.7 Å². The Bertz CT molecular complexity index is 839. The molecule has 9 nitrogen and oxygen atoms in total. The van der Waals surface area contributed by atoms with Crippen LogP contribution in [-0.2, 0) is 18.3 Å². The van der Waals surface area contributed by atoms with Crippen molar-refractivity contribution in [3.8, 4) is 11.5 Å². The monoisotopic (exact) mass is 391 g/mol. The van der Waals surface area contributed by atoms with E-state index in [0.29, 0.717) is 36.2 Å². The molecule has 0 bridgehead atoms. The zero-order valence-corrected chi connectivity index (χ0v) is 16.0. The van der Waals surface area contributed by atoms with Gasteiger partial charge in [-0.05, 0) is 12.1 Å². The molecule has 0 unspecified atom stereocenters. The Kier molecular flexibility index (Phi) is 6.17. The summed E-state index contributed by atoms with van der Waals surface area (Å²) in [4.78, 5) is 23.9. The molecule has 0 spiro atoms. The van der Waals surface area contributed by atoms with E-state index in [1.165, 1.54) is 11.8 Å². The molecule has 0 saturated carbocycles. The van der Waals surface area contributed by atoms with Crippen molar-refractivity contribution >= 4 is 29.4 Å². The van der Waals surface area contributed by atoms with E-state index >= 15 is 0 Å². The van der Waals surface area contributed by atoms with Crippen LogP contribution in [0.15, 0.2) is 23.4 Å². The second-order valence-corrected chi connectivity index (χ2v) is 6.83. The van der Waals surface area contributed by atoms with E-state index in [4.69, 9.17) is 9.47 Å². The van der Waals surface area contributed by atoms with Crippen LogP contribution in [0.3, 0.4) is 0 Å². The molecule has 2 N–H and O–H groups in total. The van der Waals surface area contributed by atoms with Crippen LogP contribution in [0.1, 0.15) is 19.2 Å². The van der Waals surface area contributed by atoms with Gasteiger partial charge in [-0.15, -0.1) is 10.2 Å². The molecule has 1 aliphatic heterocycles. The molecule has 2 aromatic rings. The Morgan fingerprint density at radius 2 is 2.00 bits per heavy atom. The minimum Gasteiger partial charge on any atom is -0.486 e. The van der Waals surface area contributed by atoms with Crippen LogP contribution in [0.5, 0.6) is 11.5 Å². The number of hydrogen-bond acceptors (Lipinski definition) is 7. The van der Waals surface area contributed by atoms with Gasteiger partial charge in [0.25, 0.3) is 0 Å². The summed E-state index contributed by atoms with van der Waals surface area (Å²) in [5.74, 6) is 2.22. The summed E-state index contributed by atoms with van der Waals surface area (Å²) in [6, 6.07) is 4.47. The van der Waals surface area contributed by atoms with Crippen LogP contribution < -0.4 is 20.1 Å². The van der Waals surface area contributed by atoms with Gasteiger partial charge in [0.2, 0.25) is 5.91 Å². The van der Waals surface area contributed by atoms with Crippen molar-refractivity contribution in [2.45, 2.75) is 24.9 Å². The number of urea groups is 1. The quantitative estimate of drug-likeness (QED) is 0.725. The smallest absolute Gasteiger partial charge is 0.325 e. The summed E-state index contributed by atoms with van der Waals surface area (Å²) in [6.07, 6.45) is 0.984. The lowest BCUT2D eigenvalue weighted by atomic mass is 10.2. The van der Waals surface area contributed by atoms with Gasteiger partial charge in [-0.1, -0.05) is 18.7 Å². The van der Waals surface area contributed by atoms with Crippen LogP contribution in [0, 0.1) is 0 Å². The highest BCUT2D eigenvalue weighted by atomic mass is 32.2. The first-order valence-electron chi connectivity index (χ1n) is 8.58. The first kappa shape index (κ1) is 19.0. The van der Waals surface area contributed by atoms with Crippen molar-refractivity contribution in [2.24, 2.45) is 7.05 Å². The third-order valence-corrected chi connectivity index (χ3v) is 4.88. The summed E-state index contributed by atoms with van der Waals surface area (Å²) >= 11 is 1.42. The first-order valence-corrected chi connectivity index (χ1v) is 9.57. The van der Waals surface area contributed by atoms with E-state index in [-0.39, 0.29) is 12.3 Å². The number of aryl methyl sites for hydroxylation is 1. The van der Waals surface area contributed by atoms with Crippen molar-refractivity contribution in [1.82, 2.24) is 20.1 Å². The molecule has 1 aliphatic rings. The van der Waals surface area contributed by atoms with Gasteiger partial charge in [0.1, 0.15) is 19.0 Å². The molecule has 2 heterocycles. The van der Waals surface area contributed by atoms with E-state index in [9.17, 15) is 9.59 Å². The minimum absolute atomic E-state index is 0.188. The number of carbonyl (C=O) groups is 2. The number of fused-ring (bicyclic) bond motifs is 1. The lowest BCUT2D eigenvalue weighted by Crippen LogP contribution is -2.34. The fraction of sp³-hybridized carbons (Fsp3) is 0.412. The summed E-state index contributed by atoms with van der Waals surface area (Å²) in [7, 11) is 1.89. The van der Waals surface area contributed by atoms with E-state index in [0.717, 1.165) is 17.4 Å². The normalized spacial score (nSPS) is 12.5. The number of carbonyl (C=O) groups excluding carboxylic acids is 2. The molecule has 0 atom stereocenters. The average Bonchev–Trinajstić information content (AvgIpc) is 3.01. The number of imide groups is 1. The van der Waals surface area contributed by atoms with Crippen molar-refractivity contribution in [3.05, 3.63) is 24.0 Å². The lowest BCUT2D eigenvalue weighted by Gasteiger charge is -2.19. The second kappa shape index (κ2) is 8.76. The maximum Gasteiger partial charge on any atom is 0.325 e. The molecular formula is C17H21N5O4S. The molecule has 0 fully saturated rings. The molecule has 27 heavy (non-hydrogen) atoms. The third-order valence-electron chi connectivity index (χ3n) is 3.85. The highest BCUT2D eigenvalue weighted by Crippen LogP contribution is 2.32. The first-order chi connectivity index (χ1) is 13.1. The summed E-state index contributed by atoms with van der Waals surface area (Å²) in [5.41, 5.74) is 0.519. The largest absolute Gasteiger partial charge is 0.486 e. The molecule has 1 aromatic carbocycles. The summed E-state index contributed by atoms with van der Waals surface area (Å²) in [6.45, 7) is 2.97. The standard InChI is InChI=1S/C17H21N5O4S/c1-3-14-20-21-17(22(14)2)27-9-6-15(23)19-16(24)18-11-4-5-12-13(10-11)26-8-7-25-12/h4-5,10H,3,6-9H2,1-2H3,(H2,18,19,23,24). The van der Waals surface area contributed by atoms with E-state index in [2.05, 4.69) is 20.8 Å². The lowest BCUT2D eigenvalue weighted by molar-refractivity contribution is -0.119. The Hall–Kier alpha value is -2.75. The third kappa shape index (κ3) is 4.91. The number of thioether (sulfide) groups is 1. The van der Waals surface area contributed by atoms with Gasteiger partial charge in [-0.3, -0.25) is 10.1 Å². The van der Waals surface area contributed by atoms with Crippen LogP contribution in [0.2, 0.25) is 0 Å². The number of amides is 3. The Morgan fingerprint density at radius 3 is 2.74 bits per heavy atom. The summed E-state index contributed by atoms with van der Waals surface area (Å²) in [5, 5.41) is 13.8. The molecule has 0 saturated heterocycles. The predicted octanol–water partition coefficient (Wildman–Crippen LogP) is 1.98. The maximum atomic E-state index is 12.0. The van der Waals surface area contributed by atoms with E-state index < -0.39 is 6.03 Å². The highest BCUT2D eigenvalue weighted by molar-refractivity contribution is 7.99. The predicted molar refractivity (Wildman–Crippen MR) is 100 cm³/mol. The zero-order chi connectivity index (χ0) is 19.2. The fourth-order valence-electron chi connectivity index (χ4n) is 2.49. The van der Waals surface area contributed by atoms with Gasteiger partial charge in [0, 0.05) is 37.4 Å². The van der Waals surface area contributed by atoms with Gasteiger partial charge >= 0.3 is 6.03 Å². The number of hydrogen-bond donors (Lipinski definition) is 2. The average molecular weight is 391 g/mol. The van der Waals surface area contributed by atoms with Gasteiger partial charge in [-0.2, -0.15) is 0 Å². The Labute approximate surface area is 160 Å². The number of ether oxygens (including phenoxy) is 2. The van der Waals surface area contributed by atoms with Crippen LogP contribution in [0.25, 0.3) is 0 Å². The van der Waals surface area contributed by atoms with Crippen LogP contribution in [0.4, 0.5) is 10.5 Å². The molecule has 3 rings (SSSR count). The molecule has 144 valence electrons. The fourth-order valence-corrected chi connectivity index (χ4v) is 3.35. The number of nitrogens with one attached hydrogen (secondary N) is 2. The minimum atomic E-state index is -0.589. The van der Waals surface area contributed by atoms with Crippen molar-refractivity contribution < 1.29 is 19.1 Å². The Balaban J connectivity index is 1.43. The topological polar surface area (TPSA) is 107 Å². The highest BCUT2D eigenvalue weighted by Gasteiger charge is 2.14. The second-order valence-electron chi connectivity index (χ2n) is 5.77. The number of nitrogens with zero attached hydrogens (tertiary/aromatic N) is 3. The summed E-state index contributed by atoms with van der Waals surface area (Å²) < 4.78 is 12.8. The maximum absolute atomic E-state index is 12.0. The van der Waals surface area contributed by atoms with Crippen LogP contribution in [-0.4, -0.2) is 45.7 Å². The molecule has 0 radical (unpaired) electrons. The number of anilines is 1. The Morgan fingerprint density at radius 1 is 1.22 bits per heavy atom. The van der Waals surface area contributed by atoms with E-state index in [1.807, 2.05) is 18.5 Å². The molecule has 10 heteroatoms. The zero-order valence-electron chi connectivity index (χ0n) is 15.2. The van der Waals surface area contributed by atoms with E-state index in [1.54, 1.807) is 18.2 Å². The SMILES string of the molecule is CCc1nnc(SCCC(=O)NC(=O)Nc2ccc3c(c2)OCCO3)n1C. The van der Waals surface area contributed by atoms with Crippen molar-refractivity contribution in [3.63, 3.8) is 0 Å². The number of benzene rings is 1. The molecule has 3 amide bonds. The number of aromatic nitrogens is 3. The molecule has 1 aromatic heterocycles. The number of rotatable bonds is 6.